The van der Waals surface area contributed by atoms with E-state index in [9.17, 15) is 9.59 Å². The number of imide groups is 1. The van der Waals surface area contributed by atoms with Crippen LogP contribution in [0.15, 0.2) is 0 Å². The molecule has 0 saturated heterocycles. The van der Waals surface area contributed by atoms with Gasteiger partial charge in [0.25, 0.3) is 0 Å². The number of hydrogen-bond donors (Lipinski definition) is 2. The van der Waals surface area contributed by atoms with Crippen molar-refractivity contribution < 1.29 is 9.59 Å². The molecule has 0 atom stereocenters. The van der Waals surface area contributed by atoms with Gasteiger partial charge in [-0.25, -0.2) is 4.79 Å². The maximum atomic E-state index is 11.3. The van der Waals surface area contributed by atoms with Gasteiger partial charge in [-0.05, 0) is 11.8 Å². The molecule has 100 valence electrons. The molecule has 0 radical (unpaired) electrons. The lowest BCUT2D eigenvalue weighted by Gasteiger charge is -2.25. The van der Waals surface area contributed by atoms with Gasteiger partial charge in [0.15, 0.2) is 0 Å². The second-order valence-corrected chi connectivity index (χ2v) is 5.21. The Morgan fingerprint density at radius 3 is 1.94 bits per heavy atom. The van der Waals surface area contributed by atoms with Gasteiger partial charge in [0.2, 0.25) is 5.91 Å². The minimum Gasteiger partial charge on any atom is -0.351 e. The van der Waals surface area contributed by atoms with Crippen LogP contribution < -0.4 is 11.1 Å². The molecule has 0 aromatic carbocycles. The van der Waals surface area contributed by atoms with Crippen LogP contribution in [0.4, 0.5) is 4.79 Å². The quantitative estimate of drug-likeness (QED) is 0.705. The van der Waals surface area contributed by atoms with Crippen LogP contribution in [0, 0.1) is 11.8 Å². The summed E-state index contributed by atoms with van der Waals surface area (Å²) in [5.41, 5.74) is 4.88. The number of carbonyl (C=O) groups excluding carboxylic acids is 2. The number of carbonyl (C=O) groups is 2. The summed E-state index contributed by atoms with van der Waals surface area (Å²) < 4.78 is 0. The Bertz CT molecular complexity index is 242. The number of nitrogens with two attached hydrogens (primary N) is 1. The van der Waals surface area contributed by atoms with Crippen LogP contribution in [-0.4, -0.2) is 36.5 Å². The van der Waals surface area contributed by atoms with Gasteiger partial charge in [-0.2, -0.15) is 0 Å². The van der Waals surface area contributed by atoms with Gasteiger partial charge < -0.3 is 10.6 Å². The highest BCUT2D eigenvalue weighted by atomic mass is 16.2. The van der Waals surface area contributed by atoms with Gasteiger partial charge in [0, 0.05) is 26.1 Å². The van der Waals surface area contributed by atoms with Gasteiger partial charge in [-0.15, -0.1) is 0 Å². The van der Waals surface area contributed by atoms with Crippen LogP contribution in [0.3, 0.4) is 0 Å². The van der Waals surface area contributed by atoms with Gasteiger partial charge >= 0.3 is 6.03 Å². The highest BCUT2D eigenvalue weighted by Gasteiger charge is 2.12. The van der Waals surface area contributed by atoms with E-state index >= 15 is 0 Å². The minimum absolute atomic E-state index is 0.308. The maximum Gasteiger partial charge on any atom is 0.318 e. The van der Waals surface area contributed by atoms with Crippen LogP contribution in [0.1, 0.15) is 34.1 Å². The molecule has 0 fully saturated rings. The predicted molar refractivity (Wildman–Crippen MR) is 68.5 cm³/mol. The lowest BCUT2D eigenvalue weighted by Crippen LogP contribution is -2.39. The average Bonchev–Trinajstić information content (AvgIpc) is 2.11. The smallest absolute Gasteiger partial charge is 0.318 e. The first-order chi connectivity index (χ1) is 7.81. The van der Waals surface area contributed by atoms with Crippen molar-refractivity contribution >= 4 is 11.9 Å². The van der Waals surface area contributed by atoms with E-state index in [1.54, 1.807) is 0 Å². The van der Waals surface area contributed by atoms with Crippen molar-refractivity contribution in [3.05, 3.63) is 0 Å². The van der Waals surface area contributed by atoms with Crippen molar-refractivity contribution in [3.8, 4) is 0 Å². The summed E-state index contributed by atoms with van der Waals surface area (Å²) in [5, 5.41) is 2.08. The van der Waals surface area contributed by atoms with Crippen molar-refractivity contribution in [2.24, 2.45) is 17.6 Å². The van der Waals surface area contributed by atoms with Gasteiger partial charge in [-0.1, -0.05) is 27.7 Å². The molecular formula is C12H25N3O2. The third-order valence-corrected chi connectivity index (χ3v) is 2.16. The molecule has 17 heavy (non-hydrogen) atoms. The first-order valence-corrected chi connectivity index (χ1v) is 6.13. The summed E-state index contributed by atoms with van der Waals surface area (Å²) in [4.78, 5) is 24.0. The Morgan fingerprint density at radius 1 is 1.12 bits per heavy atom. The first kappa shape index (κ1) is 15.9. The Hall–Kier alpha value is -1.10. The van der Waals surface area contributed by atoms with Crippen molar-refractivity contribution in [1.29, 1.82) is 0 Å². The largest absolute Gasteiger partial charge is 0.351 e. The summed E-state index contributed by atoms with van der Waals surface area (Å²) in [5.74, 6) is 0.816. The number of nitrogens with zero attached hydrogens (tertiary/aromatic N) is 1. The molecular weight excluding hydrogens is 218 g/mol. The monoisotopic (exact) mass is 243 g/mol. The molecule has 0 bridgehead atoms. The lowest BCUT2D eigenvalue weighted by molar-refractivity contribution is -0.120. The fraction of sp³-hybridized carbons (Fsp3) is 0.833. The Labute approximate surface area is 104 Å². The standard InChI is InChI=1S/C12H25N3O2/c1-9(2)7-15(8-10(3)4)6-5-11(16)14-12(13)17/h9-10H,5-8H2,1-4H3,(H3,13,14,16,17). The molecule has 5 heteroatoms. The average molecular weight is 243 g/mol. The van der Waals surface area contributed by atoms with E-state index in [1.807, 2.05) is 0 Å². The molecule has 0 spiro atoms. The molecule has 5 nitrogen and oxygen atoms in total. The van der Waals surface area contributed by atoms with Gasteiger partial charge in [0.05, 0.1) is 0 Å². The summed E-state index contributed by atoms with van der Waals surface area (Å²) in [6.45, 7) is 11.2. The maximum absolute atomic E-state index is 11.3. The third-order valence-electron chi connectivity index (χ3n) is 2.16. The van der Waals surface area contributed by atoms with E-state index in [0.29, 0.717) is 24.8 Å². The summed E-state index contributed by atoms with van der Waals surface area (Å²) in [7, 11) is 0. The van der Waals surface area contributed by atoms with Crippen LogP contribution in [-0.2, 0) is 4.79 Å². The molecule has 0 heterocycles. The van der Waals surface area contributed by atoms with Crippen LogP contribution in [0.5, 0.6) is 0 Å². The second kappa shape index (κ2) is 8.06. The van der Waals surface area contributed by atoms with Crippen LogP contribution >= 0.6 is 0 Å². The molecule has 0 rings (SSSR count). The molecule has 0 aliphatic carbocycles. The number of amides is 3. The van der Waals surface area contributed by atoms with Gasteiger partial charge in [0.1, 0.15) is 0 Å². The molecule has 0 saturated carbocycles. The zero-order valence-electron chi connectivity index (χ0n) is 11.3. The molecule has 0 aliphatic heterocycles. The fourth-order valence-corrected chi connectivity index (χ4v) is 1.75. The van der Waals surface area contributed by atoms with E-state index in [1.165, 1.54) is 0 Å². The van der Waals surface area contributed by atoms with E-state index in [-0.39, 0.29) is 5.91 Å². The number of primary amides is 1. The predicted octanol–water partition coefficient (Wildman–Crippen LogP) is 1.19. The first-order valence-electron chi connectivity index (χ1n) is 6.13. The summed E-state index contributed by atoms with van der Waals surface area (Å²) in [6, 6.07) is -0.783. The van der Waals surface area contributed by atoms with Crippen molar-refractivity contribution in [1.82, 2.24) is 10.2 Å². The lowest BCUT2D eigenvalue weighted by atomic mass is 10.1. The number of urea groups is 1. The summed E-state index contributed by atoms with van der Waals surface area (Å²) in [6.07, 6.45) is 0.308. The topological polar surface area (TPSA) is 75.4 Å². The Kier molecular flexibility index (Phi) is 7.54. The van der Waals surface area contributed by atoms with Crippen molar-refractivity contribution in [2.75, 3.05) is 19.6 Å². The normalized spacial score (nSPS) is 11.2. The second-order valence-electron chi connectivity index (χ2n) is 5.21. The molecule has 0 aromatic heterocycles. The van der Waals surface area contributed by atoms with E-state index in [2.05, 4.69) is 37.9 Å². The van der Waals surface area contributed by atoms with E-state index < -0.39 is 6.03 Å². The van der Waals surface area contributed by atoms with Gasteiger partial charge in [-0.3, -0.25) is 10.1 Å². The SMILES string of the molecule is CC(C)CN(CCC(=O)NC(N)=O)CC(C)C. The fourth-order valence-electron chi connectivity index (χ4n) is 1.75. The molecule has 3 N–H and O–H groups in total. The summed E-state index contributed by atoms with van der Waals surface area (Å²) >= 11 is 0. The highest BCUT2D eigenvalue weighted by molar-refractivity contribution is 5.93. The number of nitrogens with one attached hydrogen (secondary N) is 1. The number of hydrogen-bond acceptors (Lipinski definition) is 3. The van der Waals surface area contributed by atoms with E-state index in [0.717, 1.165) is 13.1 Å². The third kappa shape index (κ3) is 9.81. The molecule has 0 aromatic rings. The Balaban J connectivity index is 4.06. The Morgan fingerprint density at radius 2 is 1.59 bits per heavy atom. The zero-order valence-corrected chi connectivity index (χ0v) is 11.3. The van der Waals surface area contributed by atoms with Crippen molar-refractivity contribution in [2.45, 2.75) is 34.1 Å². The highest BCUT2D eigenvalue weighted by Crippen LogP contribution is 2.04. The van der Waals surface area contributed by atoms with Crippen LogP contribution in [0.25, 0.3) is 0 Å². The molecule has 0 aliphatic rings. The minimum atomic E-state index is -0.783. The van der Waals surface area contributed by atoms with E-state index in [4.69, 9.17) is 5.73 Å². The van der Waals surface area contributed by atoms with Crippen molar-refractivity contribution in [3.63, 3.8) is 0 Å². The zero-order chi connectivity index (χ0) is 13.4. The molecule has 3 amide bonds. The number of rotatable bonds is 7. The van der Waals surface area contributed by atoms with Crippen LogP contribution in [0.2, 0.25) is 0 Å². The molecule has 0 unspecified atom stereocenters.